The molecule has 4 heteroatoms. The van der Waals surface area contributed by atoms with Crippen LogP contribution in [-0.2, 0) is 0 Å². The van der Waals surface area contributed by atoms with Gasteiger partial charge in [0.1, 0.15) is 5.82 Å². The maximum absolute atomic E-state index is 13.1. The van der Waals surface area contributed by atoms with Crippen LogP contribution in [0.5, 0.6) is 0 Å². The van der Waals surface area contributed by atoms with Crippen molar-refractivity contribution in [2.24, 2.45) is 5.92 Å². The van der Waals surface area contributed by atoms with Gasteiger partial charge in [-0.3, -0.25) is 4.79 Å². The zero-order valence-corrected chi connectivity index (χ0v) is 10.3. The lowest BCUT2D eigenvalue weighted by Gasteiger charge is -2.29. The molecule has 94 valence electrons. The van der Waals surface area contributed by atoms with Crippen LogP contribution in [0.25, 0.3) is 0 Å². The number of carbonyl (C=O) groups is 1. The van der Waals surface area contributed by atoms with Gasteiger partial charge in [-0.1, -0.05) is 0 Å². The minimum absolute atomic E-state index is 0.0593. The van der Waals surface area contributed by atoms with Crippen molar-refractivity contribution in [2.45, 2.75) is 19.8 Å². The molecule has 1 aromatic carbocycles. The number of amides is 1. The number of nitriles is 1. The third-order valence-electron chi connectivity index (χ3n) is 3.37. The van der Waals surface area contributed by atoms with E-state index in [9.17, 15) is 9.18 Å². The summed E-state index contributed by atoms with van der Waals surface area (Å²) in [7, 11) is 0. The van der Waals surface area contributed by atoms with E-state index in [4.69, 9.17) is 5.26 Å². The average molecular weight is 246 g/mol. The molecule has 1 aliphatic heterocycles. The van der Waals surface area contributed by atoms with Gasteiger partial charge in [0.25, 0.3) is 5.91 Å². The minimum Gasteiger partial charge on any atom is -0.339 e. The Morgan fingerprint density at radius 1 is 1.44 bits per heavy atom. The highest BCUT2D eigenvalue weighted by molar-refractivity contribution is 5.94. The normalized spacial score (nSPS) is 16.4. The van der Waals surface area contributed by atoms with Crippen molar-refractivity contribution in [1.82, 2.24) is 4.90 Å². The van der Waals surface area contributed by atoms with E-state index in [1.165, 1.54) is 12.1 Å². The predicted octanol–water partition coefficient (Wildman–Crippen LogP) is 2.51. The lowest BCUT2D eigenvalue weighted by atomic mass is 9.98. The molecule has 0 bridgehead atoms. The molecule has 0 saturated carbocycles. The summed E-state index contributed by atoms with van der Waals surface area (Å²) in [5.41, 5.74) is 0.997. The molecule has 1 amide bonds. The van der Waals surface area contributed by atoms with Gasteiger partial charge in [-0.05, 0) is 43.5 Å². The van der Waals surface area contributed by atoms with Crippen molar-refractivity contribution in [3.8, 4) is 6.07 Å². The molecule has 2 rings (SSSR count). The molecule has 1 saturated heterocycles. The first-order valence-corrected chi connectivity index (χ1v) is 6.07. The molecule has 1 heterocycles. The Balaban J connectivity index is 2.08. The number of carbonyl (C=O) groups excluding carboxylic acids is 1. The lowest BCUT2D eigenvalue weighted by Crippen LogP contribution is -2.38. The lowest BCUT2D eigenvalue weighted by molar-refractivity contribution is 0.0707. The highest BCUT2D eigenvalue weighted by Crippen LogP contribution is 2.19. The Hall–Kier alpha value is -1.89. The van der Waals surface area contributed by atoms with Crippen LogP contribution in [0.15, 0.2) is 18.2 Å². The van der Waals surface area contributed by atoms with E-state index in [0.29, 0.717) is 24.2 Å². The summed E-state index contributed by atoms with van der Waals surface area (Å²) >= 11 is 0. The van der Waals surface area contributed by atoms with Crippen molar-refractivity contribution in [3.05, 3.63) is 35.1 Å². The van der Waals surface area contributed by atoms with Crippen LogP contribution in [0.1, 0.15) is 28.8 Å². The van der Waals surface area contributed by atoms with E-state index >= 15 is 0 Å². The van der Waals surface area contributed by atoms with Crippen LogP contribution >= 0.6 is 0 Å². The van der Waals surface area contributed by atoms with E-state index in [1.54, 1.807) is 17.9 Å². The van der Waals surface area contributed by atoms with Gasteiger partial charge in [-0.25, -0.2) is 4.39 Å². The van der Waals surface area contributed by atoms with Gasteiger partial charge in [-0.15, -0.1) is 0 Å². The molecule has 1 fully saturated rings. The Kier molecular flexibility index (Phi) is 3.61. The molecular weight excluding hydrogens is 231 g/mol. The van der Waals surface area contributed by atoms with Crippen LogP contribution in [0.2, 0.25) is 0 Å². The number of hydrogen-bond acceptors (Lipinski definition) is 2. The van der Waals surface area contributed by atoms with Crippen molar-refractivity contribution in [2.75, 3.05) is 13.1 Å². The first-order chi connectivity index (χ1) is 8.61. The minimum atomic E-state index is -0.297. The van der Waals surface area contributed by atoms with Crippen LogP contribution in [0.3, 0.4) is 0 Å². The molecule has 18 heavy (non-hydrogen) atoms. The SMILES string of the molecule is Cc1cc(C(=O)N2CCC(C#N)CC2)ccc1F. The molecule has 0 aromatic heterocycles. The van der Waals surface area contributed by atoms with Crippen molar-refractivity contribution >= 4 is 5.91 Å². The van der Waals surface area contributed by atoms with Gasteiger partial charge < -0.3 is 4.90 Å². The monoisotopic (exact) mass is 246 g/mol. The molecule has 3 nitrogen and oxygen atoms in total. The largest absolute Gasteiger partial charge is 0.339 e. The number of aryl methyl sites for hydroxylation is 1. The van der Waals surface area contributed by atoms with Crippen molar-refractivity contribution < 1.29 is 9.18 Å². The molecule has 0 aliphatic carbocycles. The molecule has 0 unspecified atom stereocenters. The van der Waals surface area contributed by atoms with Crippen molar-refractivity contribution in [3.63, 3.8) is 0 Å². The third kappa shape index (κ3) is 2.51. The maximum Gasteiger partial charge on any atom is 0.253 e. The molecule has 0 radical (unpaired) electrons. The first kappa shape index (κ1) is 12.6. The highest BCUT2D eigenvalue weighted by Gasteiger charge is 2.23. The zero-order valence-electron chi connectivity index (χ0n) is 10.3. The fourth-order valence-electron chi connectivity index (χ4n) is 2.17. The quantitative estimate of drug-likeness (QED) is 0.764. The number of hydrogen-bond donors (Lipinski definition) is 0. The van der Waals surface area contributed by atoms with E-state index in [1.807, 2.05) is 0 Å². The Labute approximate surface area is 106 Å². The summed E-state index contributed by atoms with van der Waals surface area (Å²) in [6, 6.07) is 6.65. The zero-order chi connectivity index (χ0) is 13.1. The van der Waals surface area contributed by atoms with Crippen LogP contribution < -0.4 is 0 Å². The van der Waals surface area contributed by atoms with Gasteiger partial charge in [0, 0.05) is 24.6 Å². The topological polar surface area (TPSA) is 44.1 Å². The number of piperidine rings is 1. The van der Waals surface area contributed by atoms with Gasteiger partial charge >= 0.3 is 0 Å². The van der Waals surface area contributed by atoms with E-state index in [-0.39, 0.29) is 17.6 Å². The first-order valence-electron chi connectivity index (χ1n) is 6.07. The number of nitrogens with zero attached hydrogens (tertiary/aromatic N) is 2. The summed E-state index contributed by atoms with van der Waals surface area (Å²) in [5, 5.41) is 8.80. The second-order valence-electron chi connectivity index (χ2n) is 4.66. The van der Waals surface area contributed by atoms with Gasteiger partial charge in [0.05, 0.1) is 6.07 Å². The van der Waals surface area contributed by atoms with E-state index in [2.05, 4.69) is 6.07 Å². The van der Waals surface area contributed by atoms with Gasteiger partial charge in [-0.2, -0.15) is 5.26 Å². The standard InChI is InChI=1S/C14H15FN2O/c1-10-8-12(2-3-13(10)15)14(18)17-6-4-11(9-16)5-7-17/h2-3,8,11H,4-7H2,1H3. The summed E-state index contributed by atoms with van der Waals surface area (Å²) in [4.78, 5) is 13.9. The van der Waals surface area contributed by atoms with Crippen molar-refractivity contribution in [1.29, 1.82) is 5.26 Å². The fourth-order valence-corrected chi connectivity index (χ4v) is 2.17. The van der Waals surface area contributed by atoms with Gasteiger partial charge in [0.15, 0.2) is 0 Å². The summed E-state index contributed by atoms with van der Waals surface area (Å²) < 4.78 is 13.1. The average Bonchev–Trinajstić information content (AvgIpc) is 2.41. The number of likely N-dealkylation sites (tertiary alicyclic amines) is 1. The molecule has 1 aromatic rings. The Bertz CT molecular complexity index is 499. The predicted molar refractivity (Wildman–Crippen MR) is 65.4 cm³/mol. The second-order valence-corrected chi connectivity index (χ2v) is 4.66. The number of rotatable bonds is 1. The Morgan fingerprint density at radius 2 is 2.11 bits per heavy atom. The summed E-state index contributed by atoms with van der Waals surface area (Å²) in [6.45, 7) is 2.86. The molecule has 0 spiro atoms. The van der Waals surface area contributed by atoms with E-state index in [0.717, 1.165) is 12.8 Å². The second kappa shape index (κ2) is 5.18. The fraction of sp³-hybridized carbons (Fsp3) is 0.429. The van der Waals surface area contributed by atoms with Crippen LogP contribution in [0, 0.1) is 30.0 Å². The van der Waals surface area contributed by atoms with Crippen LogP contribution in [0.4, 0.5) is 4.39 Å². The van der Waals surface area contributed by atoms with Gasteiger partial charge in [0.2, 0.25) is 0 Å². The summed E-state index contributed by atoms with van der Waals surface area (Å²) in [6.07, 6.45) is 1.45. The van der Waals surface area contributed by atoms with E-state index < -0.39 is 0 Å². The third-order valence-corrected chi connectivity index (χ3v) is 3.37. The van der Waals surface area contributed by atoms with Crippen LogP contribution in [-0.4, -0.2) is 23.9 Å². The summed E-state index contributed by atoms with van der Waals surface area (Å²) in [5.74, 6) is -0.312. The molecule has 0 N–H and O–H groups in total. The number of benzene rings is 1. The smallest absolute Gasteiger partial charge is 0.253 e. The molecule has 1 aliphatic rings. The maximum atomic E-state index is 13.1. The molecule has 0 atom stereocenters. The molecular formula is C14H15FN2O. The Morgan fingerprint density at radius 3 is 2.67 bits per heavy atom. The number of halogens is 1. The highest BCUT2D eigenvalue weighted by atomic mass is 19.1.